The summed E-state index contributed by atoms with van der Waals surface area (Å²) in [7, 11) is 2.44. The topological polar surface area (TPSA) is 106 Å². The second-order valence-electron chi connectivity index (χ2n) is 8.65. The molecule has 1 aliphatic carbocycles. The van der Waals surface area contributed by atoms with Crippen LogP contribution < -0.4 is 10.6 Å². The highest BCUT2D eigenvalue weighted by atomic mass is 35.5. The number of nitrogens with zero attached hydrogens (tertiary/aromatic N) is 2. The van der Waals surface area contributed by atoms with Crippen molar-refractivity contribution in [1.29, 1.82) is 5.26 Å². The predicted molar refractivity (Wildman–Crippen MR) is 139 cm³/mol. The minimum atomic E-state index is -0.959. The van der Waals surface area contributed by atoms with Crippen molar-refractivity contribution in [3.63, 3.8) is 0 Å². The summed E-state index contributed by atoms with van der Waals surface area (Å²) in [4.78, 5) is 27.9. The summed E-state index contributed by atoms with van der Waals surface area (Å²) < 4.78 is 10.2. The molecule has 0 bridgehead atoms. The van der Waals surface area contributed by atoms with E-state index in [1.54, 1.807) is 24.3 Å². The third-order valence-electron chi connectivity index (χ3n) is 6.72. The number of fused-ring (bicyclic) bond motifs is 3. The van der Waals surface area contributed by atoms with Crippen LogP contribution in [0.3, 0.4) is 0 Å². The van der Waals surface area contributed by atoms with Crippen LogP contribution in [0.25, 0.3) is 11.1 Å². The third-order valence-corrected chi connectivity index (χ3v) is 6.97. The number of rotatable bonds is 4. The molecule has 5 rings (SSSR count). The van der Waals surface area contributed by atoms with Gasteiger partial charge in [0.2, 0.25) is 0 Å². The molecule has 184 valence electrons. The molecule has 0 saturated carbocycles. The quantitative estimate of drug-likeness (QED) is 0.392. The van der Waals surface area contributed by atoms with E-state index in [1.165, 1.54) is 24.7 Å². The zero-order chi connectivity index (χ0) is 26.3. The molecule has 8 heteroatoms. The summed E-state index contributed by atoms with van der Waals surface area (Å²) in [5, 5.41) is 10.7. The van der Waals surface area contributed by atoms with E-state index in [1.807, 2.05) is 30.3 Å². The Morgan fingerprint density at radius 1 is 0.973 bits per heavy atom. The zero-order valence-corrected chi connectivity index (χ0v) is 20.9. The first-order valence-electron chi connectivity index (χ1n) is 11.5. The van der Waals surface area contributed by atoms with Crippen LogP contribution in [-0.4, -0.2) is 26.2 Å². The van der Waals surface area contributed by atoms with Gasteiger partial charge in [0.25, 0.3) is 0 Å². The highest BCUT2D eigenvalue weighted by molar-refractivity contribution is 6.30. The fraction of sp³-hybridized carbons (Fsp3) is 0.138. The first-order valence-corrected chi connectivity index (χ1v) is 11.8. The summed E-state index contributed by atoms with van der Waals surface area (Å²) in [6.45, 7) is 0. The van der Waals surface area contributed by atoms with Gasteiger partial charge < -0.3 is 15.2 Å². The summed E-state index contributed by atoms with van der Waals surface area (Å²) in [5.74, 6) is -2.51. The molecule has 3 aromatic carbocycles. The van der Waals surface area contributed by atoms with Crippen LogP contribution >= 0.6 is 11.6 Å². The van der Waals surface area contributed by atoms with Gasteiger partial charge in [0, 0.05) is 10.7 Å². The van der Waals surface area contributed by atoms with Gasteiger partial charge in [-0.15, -0.1) is 0 Å². The molecule has 1 atom stereocenters. The Bertz CT molecular complexity index is 1550. The van der Waals surface area contributed by atoms with E-state index in [0.29, 0.717) is 22.7 Å². The largest absolute Gasteiger partial charge is 0.466 e. The summed E-state index contributed by atoms with van der Waals surface area (Å²) in [5.41, 5.74) is 12.1. The molecule has 3 aromatic rings. The van der Waals surface area contributed by atoms with Crippen molar-refractivity contribution in [2.24, 2.45) is 5.73 Å². The normalized spacial score (nSPS) is 16.2. The van der Waals surface area contributed by atoms with Gasteiger partial charge in [-0.1, -0.05) is 54.1 Å². The molecule has 37 heavy (non-hydrogen) atoms. The monoisotopic (exact) mass is 511 g/mol. The number of benzene rings is 3. The lowest BCUT2D eigenvalue weighted by atomic mass is 9.81. The molecule has 0 spiro atoms. The Morgan fingerprint density at radius 2 is 1.65 bits per heavy atom. The number of anilines is 1. The number of nitriles is 1. The molecule has 1 aliphatic heterocycles. The Morgan fingerprint density at radius 3 is 2.32 bits per heavy atom. The fourth-order valence-electron chi connectivity index (χ4n) is 5.06. The average Bonchev–Trinajstić information content (AvgIpc) is 3.29. The lowest BCUT2D eigenvalue weighted by Gasteiger charge is -2.36. The Kier molecular flexibility index (Phi) is 6.20. The van der Waals surface area contributed by atoms with Crippen molar-refractivity contribution in [1.82, 2.24) is 0 Å². The number of carbonyl (C=O) groups excluding carboxylic acids is 2. The molecular formula is C29H22ClN3O4. The number of ether oxygens (including phenoxy) is 2. The summed E-state index contributed by atoms with van der Waals surface area (Å²) in [6.07, 6.45) is 0.705. The van der Waals surface area contributed by atoms with Gasteiger partial charge in [-0.25, -0.2) is 9.59 Å². The molecule has 0 amide bonds. The number of allylic oxidation sites excluding steroid dienone is 1. The number of hydrogen-bond acceptors (Lipinski definition) is 7. The van der Waals surface area contributed by atoms with Crippen LogP contribution in [0.1, 0.15) is 22.6 Å². The lowest BCUT2D eigenvalue weighted by molar-refractivity contribution is -0.139. The second kappa shape index (κ2) is 9.49. The van der Waals surface area contributed by atoms with Crippen LogP contribution in [-0.2, 0) is 25.5 Å². The van der Waals surface area contributed by atoms with Crippen molar-refractivity contribution in [3.8, 4) is 17.2 Å². The maximum atomic E-state index is 13.3. The number of esters is 2. The number of hydrogen-bond donors (Lipinski definition) is 1. The second-order valence-corrected chi connectivity index (χ2v) is 9.09. The molecule has 0 aromatic heterocycles. The van der Waals surface area contributed by atoms with Crippen molar-refractivity contribution < 1.29 is 19.1 Å². The number of carbonyl (C=O) groups is 2. The van der Waals surface area contributed by atoms with Crippen LogP contribution in [0, 0.1) is 11.3 Å². The van der Waals surface area contributed by atoms with E-state index in [4.69, 9.17) is 26.8 Å². The maximum absolute atomic E-state index is 13.3. The smallest absolute Gasteiger partial charge is 0.355 e. The fourth-order valence-corrected chi connectivity index (χ4v) is 5.19. The van der Waals surface area contributed by atoms with Gasteiger partial charge in [0.15, 0.2) is 0 Å². The molecule has 7 nitrogen and oxygen atoms in total. The van der Waals surface area contributed by atoms with E-state index in [-0.39, 0.29) is 22.7 Å². The van der Waals surface area contributed by atoms with Crippen LogP contribution in [0.5, 0.6) is 0 Å². The molecule has 2 N–H and O–H groups in total. The van der Waals surface area contributed by atoms with E-state index in [9.17, 15) is 14.9 Å². The number of halogens is 1. The van der Waals surface area contributed by atoms with Gasteiger partial charge >= 0.3 is 11.9 Å². The molecule has 2 aliphatic rings. The van der Waals surface area contributed by atoms with Gasteiger partial charge in [0.1, 0.15) is 11.5 Å². The van der Waals surface area contributed by atoms with Gasteiger partial charge in [-0.2, -0.15) is 5.26 Å². The third kappa shape index (κ3) is 3.92. The Labute approximate surface area is 219 Å². The highest BCUT2D eigenvalue weighted by Crippen LogP contribution is 2.45. The van der Waals surface area contributed by atoms with E-state index >= 15 is 0 Å². The molecule has 0 fully saturated rings. The first-order chi connectivity index (χ1) is 17.9. The van der Waals surface area contributed by atoms with Gasteiger partial charge in [-0.3, -0.25) is 4.90 Å². The van der Waals surface area contributed by atoms with Crippen molar-refractivity contribution in [2.75, 3.05) is 19.1 Å². The minimum Gasteiger partial charge on any atom is -0.466 e. The van der Waals surface area contributed by atoms with Gasteiger partial charge in [0.05, 0.1) is 37.4 Å². The first kappa shape index (κ1) is 24.2. The van der Waals surface area contributed by atoms with Crippen molar-refractivity contribution in [3.05, 3.63) is 111 Å². The molecule has 0 saturated heterocycles. The number of methoxy groups -OCH3 is 2. The lowest BCUT2D eigenvalue weighted by Crippen LogP contribution is -2.40. The molecule has 0 radical (unpaired) electrons. The standard InChI is InChI=1S/C29H22ClN3O4/c1-36-28(34)25-24(16-7-9-19(30)10-8-16)23(15-31)27(32)33(26(25)29(35)37-2)20-11-12-22-18(14-20)13-17-5-3-4-6-21(17)22/h3-12,14,24H,13,32H2,1-2H3. The summed E-state index contributed by atoms with van der Waals surface area (Å²) in [6, 6.07) is 22.6. The summed E-state index contributed by atoms with van der Waals surface area (Å²) >= 11 is 6.07. The Balaban J connectivity index is 1.75. The molecular weight excluding hydrogens is 490 g/mol. The van der Waals surface area contributed by atoms with E-state index < -0.39 is 17.9 Å². The van der Waals surface area contributed by atoms with E-state index in [2.05, 4.69) is 18.2 Å². The molecule has 1 heterocycles. The van der Waals surface area contributed by atoms with E-state index in [0.717, 1.165) is 16.7 Å². The average molecular weight is 512 g/mol. The van der Waals surface area contributed by atoms with Crippen LogP contribution in [0.2, 0.25) is 5.02 Å². The SMILES string of the molecule is COC(=O)C1=C(C(=O)OC)N(c2ccc3c(c2)Cc2ccccc2-3)C(N)=C(C#N)C1c1ccc(Cl)cc1. The Hall–Kier alpha value is -4.54. The van der Waals surface area contributed by atoms with Crippen LogP contribution in [0.15, 0.2) is 89.4 Å². The van der Waals surface area contributed by atoms with Crippen molar-refractivity contribution in [2.45, 2.75) is 12.3 Å². The highest BCUT2D eigenvalue weighted by Gasteiger charge is 2.43. The zero-order valence-electron chi connectivity index (χ0n) is 20.1. The van der Waals surface area contributed by atoms with Crippen LogP contribution in [0.4, 0.5) is 5.69 Å². The predicted octanol–water partition coefficient (Wildman–Crippen LogP) is 4.81. The van der Waals surface area contributed by atoms with Crippen molar-refractivity contribution >= 4 is 29.2 Å². The maximum Gasteiger partial charge on any atom is 0.355 e. The van der Waals surface area contributed by atoms with Gasteiger partial charge in [-0.05, 0) is 58.5 Å². The number of nitrogens with two attached hydrogens (primary N) is 1. The molecule has 1 unspecified atom stereocenters. The minimum absolute atomic E-state index is 0.0194.